The van der Waals surface area contributed by atoms with Crippen molar-refractivity contribution < 1.29 is 13.2 Å². The van der Waals surface area contributed by atoms with Crippen LogP contribution in [0.3, 0.4) is 0 Å². The topological polar surface area (TPSA) is 37.0 Å². The average Bonchev–Trinajstić information content (AvgIpc) is 2.26. The van der Waals surface area contributed by atoms with E-state index in [0.29, 0.717) is 12.2 Å². The summed E-state index contributed by atoms with van der Waals surface area (Å²) in [6.45, 7) is 3.24. The molecule has 0 aliphatic carbocycles. The van der Waals surface area contributed by atoms with Crippen LogP contribution in [0.5, 0.6) is 0 Å². The van der Waals surface area contributed by atoms with Crippen LogP contribution in [0.15, 0.2) is 18.3 Å². The second-order valence-corrected chi connectivity index (χ2v) is 3.88. The summed E-state index contributed by atoms with van der Waals surface area (Å²) < 4.78 is 36.8. The van der Waals surface area contributed by atoms with Crippen LogP contribution in [-0.4, -0.2) is 24.6 Å². The van der Waals surface area contributed by atoms with Gasteiger partial charge in [-0.05, 0) is 26.1 Å². The molecule has 1 atom stereocenters. The van der Waals surface area contributed by atoms with Crippen molar-refractivity contribution in [3.63, 3.8) is 0 Å². The molecule has 0 radical (unpaired) electrons. The molecule has 1 aromatic heterocycles. The molecule has 0 aliphatic rings. The predicted octanol–water partition coefficient (Wildman–Crippen LogP) is 1.80. The van der Waals surface area contributed by atoms with E-state index in [1.165, 1.54) is 6.07 Å². The molecule has 3 nitrogen and oxygen atoms in total. The third-order valence-corrected chi connectivity index (χ3v) is 2.29. The van der Waals surface area contributed by atoms with Crippen molar-refractivity contribution in [2.24, 2.45) is 0 Å². The fourth-order valence-electron chi connectivity index (χ4n) is 1.35. The Balaban J connectivity index is 2.51. The first-order valence-electron chi connectivity index (χ1n) is 5.33. The number of hydrogen-bond acceptors (Lipinski definition) is 3. The number of hydrogen-bond donors (Lipinski definition) is 2. The third kappa shape index (κ3) is 4.70. The van der Waals surface area contributed by atoms with Gasteiger partial charge in [-0.3, -0.25) is 4.98 Å². The number of pyridine rings is 1. The third-order valence-electron chi connectivity index (χ3n) is 2.29. The van der Waals surface area contributed by atoms with Crippen molar-refractivity contribution in [3.8, 4) is 0 Å². The van der Waals surface area contributed by atoms with E-state index in [9.17, 15) is 13.2 Å². The number of likely N-dealkylation sites (N-methyl/N-ethyl adjacent to an activating group) is 1. The monoisotopic (exact) mass is 247 g/mol. The van der Waals surface area contributed by atoms with Crippen LogP contribution in [0.2, 0.25) is 0 Å². The lowest BCUT2D eigenvalue weighted by Gasteiger charge is -2.13. The maximum atomic E-state index is 12.3. The zero-order chi connectivity index (χ0) is 12.9. The highest BCUT2D eigenvalue weighted by Gasteiger charge is 2.30. The maximum Gasteiger partial charge on any atom is 0.417 e. The van der Waals surface area contributed by atoms with E-state index in [2.05, 4.69) is 15.6 Å². The molecule has 1 aromatic rings. The highest BCUT2D eigenvalue weighted by atomic mass is 19.4. The summed E-state index contributed by atoms with van der Waals surface area (Å²) in [5.74, 6) is 0. The molecular weight excluding hydrogens is 231 g/mol. The lowest BCUT2D eigenvalue weighted by molar-refractivity contribution is -0.137. The predicted molar refractivity (Wildman–Crippen MR) is 59.5 cm³/mol. The summed E-state index contributed by atoms with van der Waals surface area (Å²) >= 11 is 0. The Morgan fingerprint density at radius 1 is 1.35 bits per heavy atom. The second-order valence-electron chi connectivity index (χ2n) is 3.88. The van der Waals surface area contributed by atoms with Gasteiger partial charge in [0.2, 0.25) is 0 Å². The minimum Gasteiger partial charge on any atom is -0.318 e. The van der Waals surface area contributed by atoms with E-state index in [4.69, 9.17) is 0 Å². The normalized spacial score (nSPS) is 13.7. The van der Waals surface area contributed by atoms with Gasteiger partial charge in [0.05, 0.1) is 11.3 Å². The molecule has 1 heterocycles. The molecule has 0 spiro atoms. The van der Waals surface area contributed by atoms with Crippen LogP contribution < -0.4 is 10.6 Å². The first-order chi connectivity index (χ1) is 7.93. The van der Waals surface area contributed by atoms with Crippen LogP contribution >= 0.6 is 0 Å². The first-order valence-corrected chi connectivity index (χ1v) is 5.33. The van der Waals surface area contributed by atoms with Crippen molar-refractivity contribution in [3.05, 3.63) is 29.6 Å². The molecule has 0 bridgehead atoms. The summed E-state index contributed by atoms with van der Waals surface area (Å²) in [6.07, 6.45) is -3.46. The number of halogens is 3. The number of alkyl halides is 3. The standard InChI is InChI=1S/C11H16F3N3/c1-8(5-15-2)16-7-10-4-3-9(6-17-10)11(12,13)14/h3-4,6,8,15-16H,5,7H2,1-2H3. The molecule has 1 rings (SSSR count). The zero-order valence-corrected chi connectivity index (χ0v) is 9.80. The largest absolute Gasteiger partial charge is 0.417 e. The molecule has 17 heavy (non-hydrogen) atoms. The molecule has 0 saturated heterocycles. The molecule has 0 aliphatic heterocycles. The SMILES string of the molecule is CNCC(C)NCc1ccc(C(F)(F)F)cn1. The van der Waals surface area contributed by atoms with Gasteiger partial charge < -0.3 is 10.6 Å². The Kier molecular flexibility index (Phi) is 4.89. The number of nitrogens with zero attached hydrogens (tertiary/aromatic N) is 1. The van der Waals surface area contributed by atoms with Gasteiger partial charge in [0.25, 0.3) is 0 Å². The average molecular weight is 247 g/mol. The summed E-state index contributed by atoms with van der Waals surface area (Å²) in [4.78, 5) is 3.77. The minimum absolute atomic E-state index is 0.240. The summed E-state index contributed by atoms with van der Waals surface area (Å²) in [5, 5.41) is 6.15. The number of aromatic nitrogens is 1. The summed E-state index contributed by atoms with van der Waals surface area (Å²) in [6, 6.07) is 2.68. The van der Waals surface area contributed by atoms with Crippen LogP contribution in [0.25, 0.3) is 0 Å². The van der Waals surface area contributed by atoms with Crippen LogP contribution in [0.1, 0.15) is 18.2 Å². The number of nitrogens with one attached hydrogen (secondary N) is 2. The van der Waals surface area contributed by atoms with Gasteiger partial charge in [0.15, 0.2) is 0 Å². The molecule has 0 fully saturated rings. The van der Waals surface area contributed by atoms with E-state index in [1.807, 2.05) is 14.0 Å². The Labute approximate surface area is 98.4 Å². The van der Waals surface area contributed by atoms with Crippen molar-refractivity contribution in [1.29, 1.82) is 0 Å². The summed E-state index contributed by atoms with van der Waals surface area (Å²) in [5.41, 5.74) is -0.120. The van der Waals surface area contributed by atoms with Crippen molar-refractivity contribution in [2.75, 3.05) is 13.6 Å². The van der Waals surface area contributed by atoms with Crippen molar-refractivity contribution in [2.45, 2.75) is 25.7 Å². The fraction of sp³-hybridized carbons (Fsp3) is 0.545. The van der Waals surface area contributed by atoms with Gasteiger partial charge in [-0.2, -0.15) is 13.2 Å². The summed E-state index contributed by atoms with van der Waals surface area (Å²) in [7, 11) is 1.84. The Bertz CT molecular complexity index is 335. The van der Waals surface area contributed by atoms with Gasteiger partial charge >= 0.3 is 6.18 Å². The Hall–Kier alpha value is -1.14. The highest BCUT2D eigenvalue weighted by Crippen LogP contribution is 2.28. The van der Waals surface area contributed by atoms with Crippen LogP contribution in [0.4, 0.5) is 13.2 Å². The van der Waals surface area contributed by atoms with Gasteiger partial charge in [0, 0.05) is 25.3 Å². The molecule has 0 saturated carbocycles. The smallest absolute Gasteiger partial charge is 0.318 e. The van der Waals surface area contributed by atoms with Gasteiger partial charge in [-0.15, -0.1) is 0 Å². The Morgan fingerprint density at radius 2 is 2.06 bits per heavy atom. The lowest BCUT2D eigenvalue weighted by atomic mass is 10.2. The van der Waals surface area contributed by atoms with E-state index in [0.717, 1.165) is 18.8 Å². The van der Waals surface area contributed by atoms with Gasteiger partial charge in [-0.1, -0.05) is 0 Å². The molecule has 1 unspecified atom stereocenters. The van der Waals surface area contributed by atoms with Crippen LogP contribution in [0, 0.1) is 0 Å². The maximum absolute atomic E-state index is 12.3. The molecular formula is C11H16F3N3. The molecule has 96 valence electrons. The molecule has 6 heteroatoms. The lowest BCUT2D eigenvalue weighted by Crippen LogP contribution is -2.34. The van der Waals surface area contributed by atoms with E-state index in [1.54, 1.807) is 0 Å². The zero-order valence-electron chi connectivity index (χ0n) is 9.80. The van der Waals surface area contributed by atoms with E-state index >= 15 is 0 Å². The quantitative estimate of drug-likeness (QED) is 0.833. The molecule has 0 amide bonds. The van der Waals surface area contributed by atoms with Gasteiger partial charge in [-0.25, -0.2) is 0 Å². The van der Waals surface area contributed by atoms with Crippen LogP contribution in [-0.2, 0) is 12.7 Å². The van der Waals surface area contributed by atoms with E-state index in [-0.39, 0.29) is 6.04 Å². The molecule has 2 N–H and O–H groups in total. The van der Waals surface area contributed by atoms with Crippen molar-refractivity contribution in [1.82, 2.24) is 15.6 Å². The minimum atomic E-state index is -4.32. The van der Waals surface area contributed by atoms with Gasteiger partial charge in [0.1, 0.15) is 0 Å². The fourth-order valence-corrected chi connectivity index (χ4v) is 1.35. The Morgan fingerprint density at radius 3 is 2.53 bits per heavy atom. The number of rotatable bonds is 5. The van der Waals surface area contributed by atoms with E-state index < -0.39 is 11.7 Å². The molecule has 0 aromatic carbocycles. The second kappa shape index (κ2) is 5.97. The highest BCUT2D eigenvalue weighted by molar-refractivity contribution is 5.16. The first kappa shape index (κ1) is 13.9. The van der Waals surface area contributed by atoms with Crippen molar-refractivity contribution >= 4 is 0 Å².